The smallest absolute Gasteiger partial charge is 0.311 e. The molecule has 0 spiro atoms. The van der Waals surface area contributed by atoms with Gasteiger partial charge >= 0.3 is 6.08 Å². The van der Waals surface area contributed by atoms with Gasteiger partial charge in [0.1, 0.15) is 5.52 Å². The Morgan fingerprint density at radius 1 is 1.19 bits per heavy atom. The summed E-state index contributed by atoms with van der Waals surface area (Å²) in [6, 6.07) is 2.04. The zero-order chi connectivity index (χ0) is 14.8. The van der Waals surface area contributed by atoms with E-state index in [0.29, 0.717) is 29.9 Å². The van der Waals surface area contributed by atoms with Crippen LogP contribution in [-0.4, -0.2) is 24.9 Å². The van der Waals surface area contributed by atoms with Crippen molar-refractivity contribution in [2.75, 3.05) is 0 Å². The molecule has 21 heavy (non-hydrogen) atoms. The fraction of sp³-hybridized carbons (Fsp3) is 0.286. The van der Waals surface area contributed by atoms with Crippen molar-refractivity contribution in [1.29, 1.82) is 0 Å². The minimum absolute atomic E-state index is 0.340. The highest BCUT2D eigenvalue weighted by Crippen LogP contribution is 2.12. The molecular formula is C14H15FN6. The van der Waals surface area contributed by atoms with Gasteiger partial charge in [0.2, 0.25) is 0 Å². The highest BCUT2D eigenvalue weighted by molar-refractivity contribution is 5.71. The molecule has 6 nitrogen and oxygen atoms in total. The first kappa shape index (κ1) is 13.6. The average molecular weight is 286 g/mol. The van der Waals surface area contributed by atoms with Crippen LogP contribution in [0.5, 0.6) is 0 Å². The lowest BCUT2D eigenvalue weighted by Gasteiger charge is -2.08. The molecule has 0 unspecified atom stereocenters. The number of halogens is 1. The number of hydrogen-bond donors (Lipinski definition) is 2. The molecule has 3 rings (SSSR count). The highest BCUT2D eigenvalue weighted by Gasteiger charge is 2.09. The van der Waals surface area contributed by atoms with Crippen LogP contribution in [0, 0.1) is 19.9 Å². The third kappa shape index (κ3) is 2.87. The molecule has 3 aromatic heterocycles. The molecule has 0 aliphatic heterocycles. The molecule has 0 saturated carbocycles. The third-order valence-corrected chi connectivity index (χ3v) is 3.30. The van der Waals surface area contributed by atoms with E-state index in [2.05, 4.69) is 30.2 Å². The van der Waals surface area contributed by atoms with E-state index in [0.717, 1.165) is 11.3 Å². The Kier molecular flexibility index (Phi) is 3.57. The van der Waals surface area contributed by atoms with E-state index < -0.39 is 6.08 Å². The normalized spacial score (nSPS) is 11.2. The number of H-pyrrole nitrogens is 1. The van der Waals surface area contributed by atoms with Crippen LogP contribution in [-0.2, 0) is 13.1 Å². The van der Waals surface area contributed by atoms with Crippen LogP contribution in [0.15, 0.2) is 18.6 Å². The molecule has 3 heterocycles. The van der Waals surface area contributed by atoms with Gasteiger partial charge in [-0.1, -0.05) is 0 Å². The maximum absolute atomic E-state index is 13.3. The van der Waals surface area contributed by atoms with Crippen molar-refractivity contribution in [3.63, 3.8) is 0 Å². The topological polar surface area (TPSA) is 79.4 Å². The molecule has 0 aromatic carbocycles. The fourth-order valence-electron chi connectivity index (χ4n) is 2.22. The summed E-state index contributed by atoms with van der Waals surface area (Å²) in [4.78, 5) is 18.6. The molecule has 0 radical (unpaired) electrons. The van der Waals surface area contributed by atoms with Crippen LogP contribution < -0.4 is 5.32 Å². The number of nitrogens with one attached hydrogen (secondary N) is 2. The molecule has 7 heteroatoms. The SMILES string of the molecule is Cc1cc(C)c(CNCc2nc(F)nc3nc[nH]c23)cn1. The number of aromatic nitrogens is 5. The lowest BCUT2D eigenvalue weighted by atomic mass is 10.1. The number of fused-ring (bicyclic) bond motifs is 1. The van der Waals surface area contributed by atoms with Crippen LogP contribution in [0.3, 0.4) is 0 Å². The van der Waals surface area contributed by atoms with Crippen LogP contribution in [0.25, 0.3) is 11.2 Å². The Morgan fingerprint density at radius 2 is 2.05 bits per heavy atom. The van der Waals surface area contributed by atoms with Gasteiger partial charge in [-0.2, -0.15) is 9.37 Å². The average Bonchev–Trinajstić information content (AvgIpc) is 2.89. The minimum Gasteiger partial charge on any atom is -0.342 e. The molecular weight excluding hydrogens is 271 g/mol. The second kappa shape index (κ2) is 5.53. The first-order valence-corrected chi connectivity index (χ1v) is 6.62. The van der Waals surface area contributed by atoms with E-state index >= 15 is 0 Å². The van der Waals surface area contributed by atoms with Crippen LogP contribution in [0.2, 0.25) is 0 Å². The van der Waals surface area contributed by atoms with Gasteiger partial charge in [0.25, 0.3) is 0 Å². The van der Waals surface area contributed by atoms with Gasteiger partial charge < -0.3 is 10.3 Å². The maximum atomic E-state index is 13.3. The predicted octanol–water partition coefficient (Wildman–Crippen LogP) is 1.79. The molecule has 0 bridgehead atoms. The number of nitrogens with zero attached hydrogens (tertiary/aromatic N) is 4. The summed E-state index contributed by atoms with van der Waals surface area (Å²) in [5.74, 6) is 0. The van der Waals surface area contributed by atoms with Gasteiger partial charge in [-0.15, -0.1) is 0 Å². The monoisotopic (exact) mass is 286 g/mol. The van der Waals surface area contributed by atoms with Crippen LogP contribution in [0.1, 0.15) is 22.5 Å². The number of aryl methyl sites for hydroxylation is 2. The van der Waals surface area contributed by atoms with Crippen molar-refractivity contribution in [3.05, 3.63) is 47.2 Å². The predicted molar refractivity (Wildman–Crippen MR) is 75.9 cm³/mol. The Bertz CT molecular complexity index is 782. The lowest BCUT2D eigenvalue weighted by molar-refractivity contribution is 0.532. The first-order chi connectivity index (χ1) is 10.1. The summed E-state index contributed by atoms with van der Waals surface area (Å²) >= 11 is 0. The molecule has 0 amide bonds. The molecule has 0 atom stereocenters. The van der Waals surface area contributed by atoms with Gasteiger partial charge in [-0.3, -0.25) is 4.98 Å². The van der Waals surface area contributed by atoms with E-state index in [9.17, 15) is 4.39 Å². The number of aromatic amines is 1. The van der Waals surface area contributed by atoms with Gasteiger partial charge in [0.15, 0.2) is 5.65 Å². The lowest BCUT2D eigenvalue weighted by Crippen LogP contribution is -2.16. The first-order valence-electron chi connectivity index (χ1n) is 6.62. The van der Waals surface area contributed by atoms with E-state index in [4.69, 9.17) is 0 Å². The summed E-state index contributed by atoms with van der Waals surface area (Å²) in [5.41, 5.74) is 4.84. The van der Waals surface area contributed by atoms with E-state index in [1.54, 1.807) is 0 Å². The van der Waals surface area contributed by atoms with Crippen LogP contribution in [0.4, 0.5) is 4.39 Å². The van der Waals surface area contributed by atoms with Crippen molar-refractivity contribution in [3.8, 4) is 0 Å². The molecule has 2 N–H and O–H groups in total. The Morgan fingerprint density at radius 3 is 2.86 bits per heavy atom. The van der Waals surface area contributed by atoms with Crippen molar-refractivity contribution in [2.45, 2.75) is 26.9 Å². The largest absolute Gasteiger partial charge is 0.342 e. The van der Waals surface area contributed by atoms with Crippen molar-refractivity contribution < 1.29 is 4.39 Å². The maximum Gasteiger partial charge on any atom is 0.311 e. The van der Waals surface area contributed by atoms with Gasteiger partial charge in [0, 0.05) is 25.0 Å². The number of hydrogen-bond acceptors (Lipinski definition) is 5. The number of pyridine rings is 1. The van der Waals surface area contributed by atoms with Crippen molar-refractivity contribution in [1.82, 2.24) is 30.2 Å². The van der Waals surface area contributed by atoms with Gasteiger partial charge in [-0.25, -0.2) is 9.97 Å². The van der Waals surface area contributed by atoms with Crippen molar-refractivity contribution >= 4 is 11.2 Å². The highest BCUT2D eigenvalue weighted by atomic mass is 19.1. The summed E-state index contributed by atoms with van der Waals surface area (Å²) in [5, 5.41) is 3.24. The van der Waals surface area contributed by atoms with E-state index in [1.807, 2.05) is 26.1 Å². The van der Waals surface area contributed by atoms with Gasteiger partial charge in [0.05, 0.1) is 12.0 Å². The summed E-state index contributed by atoms with van der Waals surface area (Å²) in [6.45, 7) is 5.07. The third-order valence-electron chi connectivity index (χ3n) is 3.30. The standard InChI is InChI=1S/C14H15FN6/c1-8-3-9(2)17-5-10(8)4-16-6-11-12-13(19-7-18-12)21-14(15)20-11/h3,5,7,16H,4,6H2,1-2H3,(H,18,19,20,21). The minimum atomic E-state index is -0.764. The number of rotatable bonds is 4. The quantitative estimate of drug-likeness (QED) is 0.715. The number of imidazole rings is 1. The fourth-order valence-corrected chi connectivity index (χ4v) is 2.22. The second-order valence-electron chi connectivity index (χ2n) is 4.90. The molecule has 0 aliphatic carbocycles. The summed E-state index contributed by atoms with van der Waals surface area (Å²) in [7, 11) is 0. The molecule has 0 saturated heterocycles. The van der Waals surface area contributed by atoms with Crippen molar-refractivity contribution in [2.24, 2.45) is 0 Å². The second-order valence-corrected chi connectivity index (χ2v) is 4.90. The Labute approximate surface area is 120 Å². The van der Waals surface area contributed by atoms with E-state index in [1.165, 1.54) is 11.9 Å². The Balaban J connectivity index is 1.73. The zero-order valence-electron chi connectivity index (χ0n) is 11.8. The Hall–Kier alpha value is -2.41. The molecule has 108 valence electrons. The molecule has 3 aromatic rings. The molecule has 0 fully saturated rings. The van der Waals surface area contributed by atoms with E-state index in [-0.39, 0.29) is 0 Å². The van der Waals surface area contributed by atoms with Crippen LogP contribution >= 0.6 is 0 Å². The molecule has 0 aliphatic rings. The van der Waals surface area contributed by atoms with Gasteiger partial charge in [-0.05, 0) is 31.0 Å². The summed E-state index contributed by atoms with van der Waals surface area (Å²) in [6.07, 6.45) is 2.57. The summed E-state index contributed by atoms with van der Waals surface area (Å²) < 4.78 is 13.3. The zero-order valence-corrected chi connectivity index (χ0v) is 11.8.